The Kier molecular flexibility index (Phi) is 6.22. The largest absolute Gasteiger partial charge is 0.366 e. The Morgan fingerprint density at radius 1 is 1.10 bits per heavy atom. The molecule has 1 saturated heterocycles. The zero-order valence-corrected chi connectivity index (χ0v) is 17.1. The smallest absolute Gasteiger partial charge is 0.253 e. The van der Waals surface area contributed by atoms with Gasteiger partial charge in [0.05, 0.1) is 24.2 Å². The van der Waals surface area contributed by atoms with Crippen LogP contribution < -0.4 is 9.21 Å². The number of halogens is 1. The summed E-state index contributed by atoms with van der Waals surface area (Å²) in [5.41, 5.74) is 1.51. The minimum absolute atomic E-state index is 0.126. The van der Waals surface area contributed by atoms with Gasteiger partial charge in [0.1, 0.15) is 5.82 Å². The summed E-state index contributed by atoms with van der Waals surface area (Å²) < 4.78 is 39.0. The summed E-state index contributed by atoms with van der Waals surface area (Å²) in [5.74, 6) is -0.391. The van der Waals surface area contributed by atoms with Crippen molar-refractivity contribution in [3.63, 3.8) is 0 Å². The molecule has 0 N–H and O–H groups in total. The number of amides is 1. The molecular weight excluding hydrogens is 393 g/mol. The van der Waals surface area contributed by atoms with E-state index in [2.05, 4.69) is 6.58 Å². The molecule has 29 heavy (non-hydrogen) atoms. The van der Waals surface area contributed by atoms with E-state index in [9.17, 15) is 17.6 Å². The predicted octanol–water partition coefficient (Wildman–Crippen LogP) is 2.74. The number of hydrogen-bond acceptors (Lipinski definition) is 4. The van der Waals surface area contributed by atoms with Crippen molar-refractivity contribution in [2.75, 3.05) is 48.2 Å². The first-order valence-corrected chi connectivity index (χ1v) is 11.1. The van der Waals surface area contributed by atoms with Crippen molar-refractivity contribution in [2.45, 2.75) is 0 Å². The van der Waals surface area contributed by atoms with Crippen LogP contribution in [0.5, 0.6) is 0 Å². The van der Waals surface area contributed by atoms with Gasteiger partial charge in [0.25, 0.3) is 5.91 Å². The Labute approximate surface area is 170 Å². The highest BCUT2D eigenvalue weighted by Crippen LogP contribution is 2.22. The van der Waals surface area contributed by atoms with Crippen molar-refractivity contribution in [3.05, 3.63) is 72.6 Å². The van der Waals surface area contributed by atoms with Crippen molar-refractivity contribution >= 4 is 27.3 Å². The van der Waals surface area contributed by atoms with Crippen LogP contribution in [0.25, 0.3) is 0 Å². The third-order valence-electron chi connectivity index (χ3n) is 4.86. The second-order valence-electron chi connectivity index (χ2n) is 6.86. The maximum absolute atomic E-state index is 14.0. The number of nitrogens with zero attached hydrogens (tertiary/aromatic N) is 3. The highest BCUT2D eigenvalue weighted by Gasteiger charge is 2.24. The number of sulfonamides is 1. The van der Waals surface area contributed by atoms with Gasteiger partial charge in [-0.15, -0.1) is 6.58 Å². The average molecular weight is 418 g/mol. The van der Waals surface area contributed by atoms with Crippen molar-refractivity contribution in [1.29, 1.82) is 0 Å². The fraction of sp³-hybridized carbons (Fsp3) is 0.286. The SMILES string of the molecule is C=CCN(c1ccc(C(=O)N2CCN(c3ccccc3F)CC2)cc1)S(C)(=O)=O. The maximum atomic E-state index is 14.0. The molecule has 8 heteroatoms. The number of carbonyl (C=O) groups excluding carboxylic acids is 1. The third kappa shape index (κ3) is 4.76. The van der Waals surface area contributed by atoms with Gasteiger partial charge in [-0.3, -0.25) is 9.10 Å². The molecule has 1 fully saturated rings. The van der Waals surface area contributed by atoms with E-state index in [0.717, 1.165) is 6.26 Å². The molecule has 1 aliphatic heterocycles. The van der Waals surface area contributed by atoms with Gasteiger partial charge in [-0.25, -0.2) is 12.8 Å². The first kappa shape index (κ1) is 20.9. The lowest BCUT2D eigenvalue weighted by molar-refractivity contribution is 0.0746. The summed E-state index contributed by atoms with van der Waals surface area (Å²) in [7, 11) is -3.44. The zero-order chi connectivity index (χ0) is 21.0. The van der Waals surface area contributed by atoms with Gasteiger partial charge in [0.2, 0.25) is 10.0 Å². The van der Waals surface area contributed by atoms with Gasteiger partial charge in [-0.2, -0.15) is 0 Å². The van der Waals surface area contributed by atoms with Crippen molar-refractivity contribution < 1.29 is 17.6 Å². The number of para-hydroxylation sites is 1. The molecule has 0 radical (unpaired) electrons. The Bertz CT molecular complexity index is 984. The Hall–Kier alpha value is -2.87. The van der Waals surface area contributed by atoms with E-state index in [1.165, 1.54) is 16.4 Å². The molecule has 0 spiro atoms. The Morgan fingerprint density at radius 3 is 2.28 bits per heavy atom. The molecule has 3 rings (SSSR count). The third-order valence-corrected chi connectivity index (χ3v) is 6.02. The second-order valence-corrected chi connectivity index (χ2v) is 8.77. The molecular formula is C21H24FN3O3S. The first-order chi connectivity index (χ1) is 13.8. The quantitative estimate of drug-likeness (QED) is 0.678. The van der Waals surface area contributed by atoms with Crippen LogP contribution in [-0.4, -0.2) is 58.2 Å². The zero-order valence-electron chi connectivity index (χ0n) is 16.3. The van der Waals surface area contributed by atoms with Gasteiger partial charge < -0.3 is 9.80 Å². The maximum Gasteiger partial charge on any atom is 0.253 e. The monoisotopic (exact) mass is 417 g/mol. The van der Waals surface area contributed by atoms with Gasteiger partial charge >= 0.3 is 0 Å². The molecule has 2 aromatic rings. The van der Waals surface area contributed by atoms with Crippen LogP contribution in [0.2, 0.25) is 0 Å². The van der Waals surface area contributed by atoms with Gasteiger partial charge in [0.15, 0.2) is 0 Å². The van der Waals surface area contributed by atoms with E-state index in [-0.39, 0.29) is 18.3 Å². The topological polar surface area (TPSA) is 60.9 Å². The van der Waals surface area contributed by atoms with Crippen LogP contribution >= 0.6 is 0 Å². The van der Waals surface area contributed by atoms with Gasteiger partial charge in [0, 0.05) is 31.7 Å². The number of anilines is 2. The van der Waals surface area contributed by atoms with Crippen LogP contribution in [0.3, 0.4) is 0 Å². The standard InChI is InChI=1S/C21H24FN3O3S/c1-3-12-25(29(2,27)28)18-10-8-17(9-11-18)21(26)24-15-13-23(14-16-24)20-7-5-4-6-19(20)22/h3-11H,1,12-16H2,2H3. The van der Waals surface area contributed by atoms with Crippen LogP contribution in [0.1, 0.15) is 10.4 Å². The Balaban J connectivity index is 1.67. The summed E-state index contributed by atoms with van der Waals surface area (Å²) in [4.78, 5) is 16.5. The molecule has 2 aromatic carbocycles. The van der Waals surface area contributed by atoms with Gasteiger partial charge in [-0.1, -0.05) is 18.2 Å². The molecule has 154 valence electrons. The molecule has 1 aliphatic rings. The van der Waals surface area contributed by atoms with Crippen LogP contribution in [-0.2, 0) is 10.0 Å². The highest BCUT2D eigenvalue weighted by atomic mass is 32.2. The number of hydrogen-bond donors (Lipinski definition) is 0. The number of benzene rings is 2. The first-order valence-electron chi connectivity index (χ1n) is 9.28. The molecule has 1 heterocycles. The fourth-order valence-electron chi connectivity index (χ4n) is 3.36. The molecule has 1 amide bonds. The molecule has 0 aliphatic carbocycles. The minimum Gasteiger partial charge on any atom is -0.366 e. The lowest BCUT2D eigenvalue weighted by atomic mass is 10.1. The molecule has 0 aromatic heterocycles. The Morgan fingerprint density at radius 2 is 1.72 bits per heavy atom. The number of carbonyl (C=O) groups is 1. The molecule has 0 saturated carbocycles. The fourth-order valence-corrected chi connectivity index (χ4v) is 4.24. The summed E-state index contributed by atoms with van der Waals surface area (Å²) in [6, 6.07) is 13.1. The van der Waals surface area contributed by atoms with Crippen molar-refractivity contribution in [1.82, 2.24) is 4.90 Å². The van der Waals surface area contributed by atoms with E-state index in [1.807, 2.05) is 4.90 Å². The lowest BCUT2D eigenvalue weighted by Crippen LogP contribution is -2.49. The summed E-state index contributed by atoms with van der Waals surface area (Å²) in [5, 5.41) is 0. The number of rotatable bonds is 6. The van der Waals surface area contributed by atoms with Crippen molar-refractivity contribution in [3.8, 4) is 0 Å². The van der Waals surface area contributed by atoms with E-state index >= 15 is 0 Å². The van der Waals surface area contributed by atoms with Crippen LogP contribution in [0.4, 0.5) is 15.8 Å². The molecule has 0 unspecified atom stereocenters. The highest BCUT2D eigenvalue weighted by molar-refractivity contribution is 7.92. The van der Waals surface area contributed by atoms with Crippen LogP contribution in [0, 0.1) is 5.82 Å². The second kappa shape index (κ2) is 8.65. The van der Waals surface area contributed by atoms with E-state index in [4.69, 9.17) is 0 Å². The van der Waals surface area contributed by atoms with Gasteiger partial charge in [-0.05, 0) is 36.4 Å². The normalized spacial score (nSPS) is 14.6. The summed E-state index contributed by atoms with van der Waals surface area (Å²) in [6.45, 7) is 5.81. The summed E-state index contributed by atoms with van der Waals surface area (Å²) >= 11 is 0. The van der Waals surface area contributed by atoms with E-state index in [0.29, 0.717) is 43.1 Å². The molecule has 6 nitrogen and oxygen atoms in total. The molecule has 0 bridgehead atoms. The lowest BCUT2D eigenvalue weighted by Gasteiger charge is -2.36. The number of piperazine rings is 1. The van der Waals surface area contributed by atoms with E-state index in [1.54, 1.807) is 47.4 Å². The molecule has 0 atom stereocenters. The van der Waals surface area contributed by atoms with E-state index < -0.39 is 10.0 Å². The van der Waals surface area contributed by atoms with Crippen molar-refractivity contribution in [2.24, 2.45) is 0 Å². The summed E-state index contributed by atoms with van der Waals surface area (Å²) in [6.07, 6.45) is 2.64. The average Bonchev–Trinajstić information content (AvgIpc) is 2.71. The minimum atomic E-state index is -3.44. The van der Waals surface area contributed by atoms with Crippen LogP contribution in [0.15, 0.2) is 61.2 Å². The predicted molar refractivity (Wildman–Crippen MR) is 113 cm³/mol.